The van der Waals surface area contributed by atoms with Gasteiger partial charge in [0.05, 0.1) is 11.7 Å². The number of piperidine rings is 1. The van der Waals surface area contributed by atoms with E-state index in [1.165, 1.54) is 12.8 Å². The molecule has 0 bridgehead atoms. The first kappa shape index (κ1) is 12.3. The molecule has 0 spiro atoms. The Bertz CT molecular complexity index is 211. The van der Waals surface area contributed by atoms with Gasteiger partial charge in [-0.05, 0) is 45.8 Å². The van der Waals surface area contributed by atoms with Crippen LogP contribution in [0.1, 0.15) is 25.7 Å². The van der Waals surface area contributed by atoms with Gasteiger partial charge in [0.25, 0.3) is 0 Å². The van der Waals surface area contributed by atoms with Crippen LogP contribution >= 0.6 is 0 Å². The Balaban J connectivity index is 1.74. The molecule has 16 heavy (non-hydrogen) atoms. The highest BCUT2D eigenvalue weighted by Crippen LogP contribution is 2.20. The van der Waals surface area contributed by atoms with Crippen molar-refractivity contribution >= 4 is 0 Å². The number of nitrogens with one attached hydrogen (secondary N) is 1. The fraction of sp³-hybridized carbons (Fsp3) is 1.00. The molecule has 0 aromatic carbocycles. The van der Waals surface area contributed by atoms with Gasteiger partial charge in [0.15, 0.2) is 0 Å². The standard InChI is InChI=1S/C12H24N2O2/c1-14(9-11-3-2-8-16-11)10-12(15)4-6-13-7-5-12/h11,13,15H,2-10H2,1H3. The Labute approximate surface area is 98.0 Å². The second-order valence-electron chi connectivity index (χ2n) is 5.31. The molecule has 0 saturated carbocycles. The van der Waals surface area contributed by atoms with Crippen LogP contribution in [0.15, 0.2) is 0 Å². The van der Waals surface area contributed by atoms with E-state index in [2.05, 4.69) is 17.3 Å². The molecule has 0 amide bonds. The molecule has 94 valence electrons. The Kier molecular flexibility index (Phi) is 4.19. The third kappa shape index (κ3) is 3.42. The van der Waals surface area contributed by atoms with Crippen molar-refractivity contribution in [3.8, 4) is 0 Å². The van der Waals surface area contributed by atoms with E-state index in [1.807, 2.05) is 0 Å². The number of likely N-dealkylation sites (N-methyl/N-ethyl adjacent to an activating group) is 1. The molecular formula is C12H24N2O2. The van der Waals surface area contributed by atoms with Gasteiger partial charge in [0.1, 0.15) is 0 Å². The van der Waals surface area contributed by atoms with Crippen molar-refractivity contribution in [2.45, 2.75) is 37.4 Å². The van der Waals surface area contributed by atoms with E-state index in [0.717, 1.165) is 45.6 Å². The Hall–Kier alpha value is -0.160. The van der Waals surface area contributed by atoms with Crippen molar-refractivity contribution < 1.29 is 9.84 Å². The minimum Gasteiger partial charge on any atom is -0.388 e. The van der Waals surface area contributed by atoms with Crippen molar-refractivity contribution in [3.05, 3.63) is 0 Å². The van der Waals surface area contributed by atoms with Gasteiger partial charge in [-0.2, -0.15) is 0 Å². The molecule has 0 aromatic rings. The maximum Gasteiger partial charge on any atom is 0.0798 e. The van der Waals surface area contributed by atoms with Gasteiger partial charge in [0.2, 0.25) is 0 Å². The molecule has 0 aliphatic carbocycles. The highest BCUT2D eigenvalue weighted by atomic mass is 16.5. The summed E-state index contributed by atoms with van der Waals surface area (Å²) in [6.07, 6.45) is 4.47. The van der Waals surface area contributed by atoms with Gasteiger partial charge in [-0.25, -0.2) is 0 Å². The van der Waals surface area contributed by atoms with E-state index >= 15 is 0 Å². The van der Waals surface area contributed by atoms with Crippen LogP contribution in [-0.2, 0) is 4.74 Å². The normalized spacial score (nSPS) is 29.8. The summed E-state index contributed by atoms with van der Waals surface area (Å²) in [6, 6.07) is 0. The number of hydrogen-bond acceptors (Lipinski definition) is 4. The van der Waals surface area contributed by atoms with Crippen molar-refractivity contribution in [1.82, 2.24) is 10.2 Å². The molecule has 0 radical (unpaired) electrons. The summed E-state index contributed by atoms with van der Waals surface area (Å²) < 4.78 is 5.61. The first-order valence-corrected chi connectivity index (χ1v) is 6.41. The van der Waals surface area contributed by atoms with Gasteiger partial charge in [-0.1, -0.05) is 0 Å². The number of rotatable bonds is 4. The third-order valence-corrected chi connectivity index (χ3v) is 3.64. The summed E-state index contributed by atoms with van der Waals surface area (Å²) >= 11 is 0. The maximum atomic E-state index is 10.4. The second kappa shape index (κ2) is 5.45. The van der Waals surface area contributed by atoms with E-state index in [4.69, 9.17) is 4.74 Å². The fourth-order valence-electron chi connectivity index (χ4n) is 2.75. The van der Waals surface area contributed by atoms with Crippen LogP contribution < -0.4 is 5.32 Å². The Morgan fingerprint density at radius 3 is 2.81 bits per heavy atom. The number of ether oxygens (including phenoxy) is 1. The highest BCUT2D eigenvalue weighted by molar-refractivity contribution is 4.87. The lowest BCUT2D eigenvalue weighted by Crippen LogP contribution is -2.49. The van der Waals surface area contributed by atoms with Crippen LogP contribution in [0, 0.1) is 0 Å². The monoisotopic (exact) mass is 228 g/mol. The van der Waals surface area contributed by atoms with Crippen molar-refractivity contribution in [3.63, 3.8) is 0 Å². The van der Waals surface area contributed by atoms with Crippen molar-refractivity contribution in [1.29, 1.82) is 0 Å². The van der Waals surface area contributed by atoms with Gasteiger partial charge in [-0.15, -0.1) is 0 Å². The summed E-state index contributed by atoms with van der Waals surface area (Å²) in [4.78, 5) is 2.22. The lowest BCUT2D eigenvalue weighted by Gasteiger charge is -2.36. The van der Waals surface area contributed by atoms with Gasteiger partial charge in [-0.3, -0.25) is 0 Å². The molecule has 2 rings (SSSR count). The molecule has 2 heterocycles. The molecule has 1 atom stereocenters. The topological polar surface area (TPSA) is 44.7 Å². The fourth-order valence-corrected chi connectivity index (χ4v) is 2.75. The zero-order chi connectivity index (χ0) is 11.4. The Morgan fingerprint density at radius 1 is 1.44 bits per heavy atom. The largest absolute Gasteiger partial charge is 0.388 e. The van der Waals surface area contributed by atoms with Gasteiger partial charge >= 0.3 is 0 Å². The predicted octanol–water partition coefficient (Wildman–Crippen LogP) is 0.212. The van der Waals surface area contributed by atoms with Crippen LogP contribution in [0.5, 0.6) is 0 Å². The smallest absolute Gasteiger partial charge is 0.0798 e. The third-order valence-electron chi connectivity index (χ3n) is 3.64. The number of hydrogen-bond donors (Lipinski definition) is 2. The molecule has 2 aliphatic rings. The molecule has 4 heteroatoms. The average molecular weight is 228 g/mol. The SMILES string of the molecule is CN(CC1CCCO1)CC1(O)CCNCC1. The lowest BCUT2D eigenvalue weighted by atomic mass is 9.92. The van der Waals surface area contributed by atoms with Gasteiger partial charge < -0.3 is 20.1 Å². The first-order valence-electron chi connectivity index (χ1n) is 6.41. The summed E-state index contributed by atoms with van der Waals surface area (Å²) in [7, 11) is 2.09. The molecule has 2 fully saturated rings. The lowest BCUT2D eigenvalue weighted by molar-refractivity contribution is -0.0249. The quantitative estimate of drug-likeness (QED) is 0.722. The van der Waals surface area contributed by atoms with E-state index in [0.29, 0.717) is 6.10 Å². The van der Waals surface area contributed by atoms with Crippen molar-refractivity contribution in [2.24, 2.45) is 0 Å². The molecule has 2 N–H and O–H groups in total. The Morgan fingerprint density at radius 2 is 2.19 bits per heavy atom. The van der Waals surface area contributed by atoms with E-state index in [9.17, 15) is 5.11 Å². The number of aliphatic hydroxyl groups is 1. The molecule has 2 aliphatic heterocycles. The minimum atomic E-state index is -0.487. The summed E-state index contributed by atoms with van der Waals surface area (Å²) in [5.41, 5.74) is -0.487. The summed E-state index contributed by atoms with van der Waals surface area (Å²) in [6.45, 7) is 4.51. The molecule has 2 saturated heterocycles. The van der Waals surface area contributed by atoms with E-state index in [-0.39, 0.29) is 0 Å². The molecular weight excluding hydrogens is 204 g/mol. The van der Waals surface area contributed by atoms with Crippen molar-refractivity contribution in [2.75, 3.05) is 39.8 Å². The number of nitrogens with zero attached hydrogens (tertiary/aromatic N) is 1. The van der Waals surface area contributed by atoms with Crippen LogP contribution in [0.3, 0.4) is 0 Å². The van der Waals surface area contributed by atoms with Crippen LogP contribution in [-0.4, -0.2) is 61.5 Å². The summed E-state index contributed by atoms with van der Waals surface area (Å²) in [5, 5.41) is 13.7. The van der Waals surface area contributed by atoms with Gasteiger partial charge in [0, 0.05) is 19.7 Å². The summed E-state index contributed by atoms with van der Waals surface area (Å²) in [5.74, 6) is 0. The maximum absolute atomic E-state index is 10.4. The van der Waals surface area contributed by atoms with Crippen LogP contribution in [0.25, 0.3) is 0 Å². The second-order valence-corrected chi connectivity index (χ2v) is 5.31. The van der Waals surface area contributed by atoms with E-state index in [1.54, 1.807) is 0 Å². The van der Waals surface area contributed by atoms with Crippen LogP contribution in [0.4, 0.5) is 0 Å². The zero-order valence-electron chi connectivity index (χ0n) is 10.2. The average Bonchev–Trinajstić information content (AvgIpc) is 2.70. The zero-order valence-corrected chi connectivity index (χ0v) is 10.2. The minimum absolute atomic E-state index is 0.385. The van der Waals surface area contributed by atoms with Crippen LogP contribution in [0.2, 0.25) is 0 Å². The molecule has 4 nitrogen and oxygen atoms in total. The van der Waals surface area contributed by atoms with E-state index < -0.39 is 5.60 Å². The molecule has 1 unspecified atom stereocenters. The first-order chi connectivity index (χ1) is 7.68. The molecule has 0 aromatic heterocycles. The predicted molar refractivity (Wildman–Crippen MR) is 63.5 cm³/mol. The highest BCUT2D eigenvalue weighted by Gasteiger charge is 2.31.